The van der Waals surface area contributed by atoms with Crippen LogP contribution in [0, 0.1) is 6.92 Å². The predicted octanol–water partition coefficient (Wildman–Crippen LogP) is 4.04. The molecule has 1 aromatic heterocycles. The third kappa shape index (κ3) is 2.48. The molecule has 3 heteroatoms. The van der Waals surface area contributed by atoms with Crippen molar-refractivity contribution < 1.29 is 0 Å². The summed E-state index contributed by atoms with van der Waals surface area (Å²) >= 11 is 0. The lowest BCUT2D eigenvalue weighted by Crippen LogP contribution is -2.02. The highest BCUT2D eigenvalue weighted by Gasteiger charge is 2.05. The molecular weight excluding hydrogens is 246 g/mol. The van der Waals surface area contributed by atoms with Gasteiger partial charge in [0.05, 0.1) is 5.69 Å². The third-order valence-corrected chi connectivity index (χ3v) is 3.24. The first-order chi connectivity index (χ1) is 9.76. The van der Waals surface area contributed by atoms with Gasteiger partial charge in [-0.15, -0.1) is 0 Å². The average Bonchev–Trinajstić information content (AvgIpc) is 2.46. The monoisotopic (exact) mass is 263 g/mol. The summed E-state index contributed by atoms with van der Waals surface area (Å²) in [5, 5.41) is 5.72. The van der Waals surface area contributed by atoms with Crippen LogP contribution >= 0.6 is 0 Å². The second-order valence-corrected chi connectivity index (χ2v) is 4.78. The first-order valence-corrected chi connectivity index (χ1v) is 6.85. The molecule has 2 aromatic carbocycles. The summed E-state index contributed by atoms with van der Waals surface area (Å²) < 4.78 is 0. The van der Waals surface area contributed by atoms with Crippen LogP contribution in [0.25, 0.3) is 22.0 Å². The fourth-order valence-corrected chi connectivity index (χ4v) is 2.34. The first kappa shape index (κ1) is 12.6. The van der Waals surface area contributed by atoms with E-state index in [0.29, 0.717) is 0 Å². The Hall–Kier alpha value is -2.42. The maximum Gasteiger partial charge on any atom is 0.130 e. The molecule has 1 N–H and O–H groups in total. The zero-order valence-electron chi connectivity index (χ0n) is 11.7. The van der Waals surface area contributed by atoms with E-state index in [9.17, 15) is 0 Å². The summed E-state index contributed by atoms with van der Waals surface area (Å²) in [5.74, 6) is 1.66. The van der Waals surface area contributed by atoms with Crippen molar-refractivity contribution in [2.75, 3.05) is 11.9 Å². The Morgan fingerprint density at radius 2 is 1.75 bits per heavy atom. The Morgan fingerprint density at radius 3 is 2.55 bits per heavy atom. The van der Waals surface area contributed by atoms with Crippen molar-refractivity contribution in [2.24, 2.45) is 0 Å². The molecule has 3 nitrogen and oxygen atoms in total. The summed E-state index contributed by atoms with van der Waals surface area (Å²) in [6, 6.07) is 16.8. The van der Waals surface area contributed by atoms with Crippen LogP contribution in [0.1, 0.15) is 12.7 Å². The minimum atomic E-state index is 0.784. The minimum Gasteiger partial charge on any atom is -0.370 e. The van der Waals surface area contributed by atoms with Crippen molar-refractivity contribution in [2.45, 2.75) is 13.8 Å². The van der Waals surface area contributed by atoms with Crippen molar-refractivity contribution in [3.8, 4) is 11.3 Å². The summed E-state index contributed by atoms with van der Waals surface area (Å²) in [6.07, 6.45) is 0. The normalized spacial score (nSPS) is 10.7. The maximum atomic E-state index is 4.54. The van der Waals surface area contributed by atoms with Gasteiger partial charge in [-0.3, -0.25) is 0 Å². The molecule has 0 saturated carbocycles. The fourth-order valence-electron chi connectivity index (χ4n) is 2.34. The zero-order chi connectivity index (χ0) is 13.9. The molecule has 0 aliphatic rings. The van der Waals surface area contributed by atoms with E-state index in [1.807, 2.05) is 13.0 Å². The molecule has 3 aromatic rings. The zero-order valence-corrected chi connectivity index (χ0v) is 11.7. The van der Waals surface area contributed by atoms with Crippen molar-refractivity contribution in [1.82, 2.24) is 9.97 Å². The molecule has 0 aliphatic carbocycles. The number of fused-ring (bicyclic) bond motifs is 1. The number of nitrogens with zero attached hydrogens (tertiary/aromatic N) is 2. The predicted molar refractivity (Wildman–Crippen MR) is 83.9 cm³/mol. The number of aryl methyl sites for hydroxylation is 1. The van der Waals surface area contributed by atoms with E-state index in [1.54, 1.807) is 0 Å². The topological polar surface area (TPSA) is 37.8 Å². The van der Waals surface area contributed by atoms with Crippen LogP contribution in [0.15, 0.2) is 48.5 Å². The first-order valence-electron chi connectivity index (χ1n) is 6.85. The van der Waals surface area contributed by atoms with Gasteiger partial charge in [-0.1, -0.05) is 36.4 Å². The molecule has 0 bridgehead atoms. The minimum absolute atomic E-state index is 0.784. The van der Waals surface area contributed by atoms with Crippen molar-refractivity contribution in [3.63, 3.8) is 0 Å². The number of benzene rings is 2. The van der Waals surface area contributed by atoms with Gasteiger partial charge >= 0.3 is 0 Å². The molecule has 0 radical (unpaired) electrons. The average molecular weight is 263 g/mol. The van der Waals surface area contributed by atoms with E-state index >= 15 is 0 Å². The number of rotatable bonds is 3. The van der Waals surface area contributed by atoms with Crippen LogP contribution in [-0.2, 0) is 0 Å². The van der Waals surface area contributed by atoms with Gasteiger partial charge in [0.15, 0.2) is 0 Å². The van der Waals surface area contributed by atoms with E-state index in [0.717, 1.165) is 29.4 Å². The van der Waals surface area contributed by atoms with Crippen LogP contribution in [-0.4, -0.2) is 16.5 Å². The summed E-state index contributed by atoms with van der Waals surface area (Å²) in [5.41, 5.74) is 2.08. The highest BCUT2D eigenvalue weighted by atomic mass is 15.0. The maximum absolute atomic E-state index is 4.54. The van der Waals surface area contributed by atoms with E-state index in [2.05, 4.69) is 64.7 Å². The van der Waals surface area contributed by atoms with E-state index in [4.69, 9.17) is 0 Å². The Morgan fingerprint density at radius 1 is 0.950 bits per heavy atom. The van der Waals surface area contributed by atoms with Crippen LogP contribution < -0.4 is 5.32 Å². The molecule has 3 rings (SSSR count). The molecule has 0 fully saturated rings. The Labute approximate surface area is 118 Å². The van der Waals surface area contributed by atoms with Gasteiger partial charge < -0.3 is 5.32 Å². The van der Waals surface area contributed by atoms with Gasteiger partial charge in [0.2, 0.25) is 0 Å². The van der Waals surface area contributed by atoms with Crippen LogP contribution in [0.4, 0.5) is 5.82 Å². The lowest BCUT2D eigenvalue weighted by molar-refractivity contribution is 1.04. The van der Waals surface area contributed by atoms with Crippen molar-refractivity contribution >= 4 is 16.6 Å². The molecule has 0 amide bonds. The quantitative estimate of drug-likeness (QED) is 0.775. The Balaban J connectivity index is 2.10. The molecule has 0 unspecified atom stereocenters. The largest absolute Gasteiger partial charge is 0.370 e. The smallest absolute Gasteiger partial charge is 0.130 e. The molecule has 0 aliphatic heterocycles. The number of hydrogen-bond acceptors (Lipinski definition) is 3. The number of anilines is 1. The lowest BCUT2D eigenvalue weighted by Gasteiger charge is -2.08. The van der Waals surface area contributed by atoms with Crippen LogP contribution in [0.3, 0.4) is 0 Å². The molecule has 0 saturated heterocycles. The van der Waals surface area contributed by atoms with Gasteiger partial charge in [0.1, 0.15) is 11.6 Å². The molecule has 1 heterocycles. The molecule has 0 spiro atoms. The van der Waals surface area contributed by atoms with Gasteiger partial charge in [0, 0.05) is 18.2 Å². The van der Waals surface area contributed by atoms with Gasteiger partial charge in [-0.25, -0.2) is 9.97 Å². The Bertz CT molecular complexity index is 750. The SMILES string of the molecule is CCNc1cc(-c2ccc3ccccc3c2)nc(C)n1. The Kier molecular flexibility index (Phi) is 3.33. The second kappa shape index (κ2) is 5.29. The number of aromatic nitrogens is 2. The van der Waals surface area contributed by atoms with E-state index < -0.39 is 0 Å². The van der Waals surface area contributed by atoms with Crippen LogP contribution in [0.5, 0.6) is 0 Å². The highest BCUT2D eigenvalue weighted by Crippen LogP contribution is 2.24. The molecular formula is C17H17N3. The van der Waals surface area contributed by atoms with Crippen molar-refractivity contribution in [3.05, 3.63) is 54.4 Å². The molecule has 0 atom stereocenters. The van der Waals surface area contributed by atoms with Gasteiger partial charge in [0.25, 0.3) is 0 Å². The highest BCUT2D eigenvalue weighted by molar-refractivity contribution is 5.86. The third-order valence-electron chi connectivity index (χ3n) is 3.24. The summed E-state index contributed by atoms with van der Waals surface area (Å²) in [7, 11) is 0. The van der Waals surface area contributed by atoms with Gasteiger partial charge in [-0.05, 0) is 30.7 Å². The lowest BCUT2D eigenvalue weighted by atomic mass is 10.0. The molecule has 20 heavy (non-hydrogen) atoms. The standard InChI is InChI=1S/C17H17N3/c1-3-18-17-11-16(19-12(2)20-17)15-9-8-13-6-4-5-7-14(13)10-15/h4-11H,3H2,1-2H3,(H,18,19,20). The number of hydrogen-bond donors (Lipinski definition) is 1. The van der Waals surface area contributed by atoms with Crippen LogP contribution in [0.2, 0.25) is 0 Å². The summed E-state index contributed by atoms with van der Waals surface area (Å²) in [6.45, 7) is 4.84. The number of nitrogens with one attached hydrogen (secondary N) is 1. The summed E-state index contributed by atoms with van der Waals surface area (Å²) in [4.78, 5) is 8.93. The second-order valence-electron chi connectivity index (χ2n) is 4.78. The van der Waals surface area contributed by atoms with E-state index in [1.165, 1.54) is 10.8 Å². The van der Waals surface area contributed by atoms with E-state index in [-0.39, 0.29) is 0 Å². The van der Waals surface area contributed by atoms with Gasteiger partial charge in [-0.2, -0.15) is 0 Å². The molecule has 100 valence electrons. The fraction of sp³-hybridized carbons (Fsp3) is 0.176. The van der Waals surface area contributed by atoms with Crippen molar-refractivity contribution in [1.29, 1.82) is 0 Å².